The van der Waals surface area contributed by atoms with Gasteiger partial charge in [0.15, 0.2) is 0 Å². The minimum Gasteiger partial charge on any atom is -0.0622 e. The average Bonchev–Trinajstić information content (AvgIpc) is 2.56. The molecule has 0 saturated carbocycles. The topological polar surface area (TPSA) is 0 Å². The molecule has 0 atom stereocenters. The number of benzene rings is 3. The molecule has 0 N–H and O–H groups in total. The molecule has 0 unspecified atom stereocenters. The summed E-state index contributed by atoms with van der Waals surface area (Å²) in [7, 11) is 0. The lowest BCUT2D eigenvalue weighted by Crippen LogP contribution is -1.87. The lowest BCUT2D eigenvalue weighted by atomic mass is 9.96. The Balaban J connectivity index is 1.98. The number of hydrogen-bond acceptors (Lipinski definition) is 0. The Hall–Kier alpha value is -2.34. The first-order chi connectivity index (χ1) is 9.88. The molecule has 0 radical (unpaired) electrons. The molecule has 3 rings (SSSR count). The lowest BCUT2D eigenvalue weighted by Gasteiger charge is -2.09. The normalized spacial score (nSPS) is 10.4. The molecule has 0 aliphatic carbocycles. The summed E-state index contributed by atoms with van der Waals surface area (Å²) in [4.78, 5) is 0. The lowest BCUT2D eigenvalue weighted by molar-refractivity contribution is 1.14. The zero-order valence-electron chi connectivity index (χ0n) is 11.7. The van der Waals surface area contributed by atoms with Gasteiger partial charge in [-0.05, 0) is 34.2 Å². The van der Waals surface area contributed by atoms with Gasteiger partial charge in [0.1, 0.15) is 0 Å². The van der Waals surface area contributed by atoms with Crippen molar-refractivity contribution in [2.45, 2.75) is 13.3 Å². The van der Waals surface area contributed by atoms with Crippen LogP contribution in [0.25, 0.3) is 22.3 Å². The molecule has 0 spiro atoms. The van der Waals surface area contributed by atoms with Gasteiger partial charge in [0.2, 0.25) is 0 Å². The summed E-state index contributed by atoms with van der Waals surface area (Å²) in [5, 5.41) is 0. The van der Waals surface area contributed by atoms with Crippen LogP contribution < -0.4 is 0 Å². The van der Waals surface area contributed by atoms with Gasteiger partial charge in [-0.15, -0.1) is 0 Å². The molecule has 20 heavy (non-hydrogen) atoms. The predicted molar refractivity (Wildman–Crippen MR) is 86.7 cm³/mol. The molecule has 3 aromatic rings. The quantitative estimate of drug-likeness (QED) is 0.575. The van der Waals surface area contributed by atoms with Crippen molar-refractivity contribution in [2.75, 3.05) is 0 Å². The third-order valence-corrected chi connectivity index (χ3v) is 3.70. The molecule has 0 heterocycles. The third-order valence-electron chi connectivity index (χ3n) is 3.70. The smallest absolute Gasteiger partial charge is 0.0152 e. The average molecular weight is 258 g/mol. The van der Waals surface area contributed by atoms with Crippen LogP contribution in [-0.4, -0.2) is 0 Å². The van der Waals surface area contributed by atoms with E-state index in [-0.39, 0.29) is 0 Å². The van der Waals surface area contributed by atoms with E-state index in [1.165, 1.54) is 27.8 Å². The Morgan fingerprint density at radius 3 is 1.80 bits per heavy atom. The first kappa shape index (κ1) is 12.7. The molecule has 0 heteroatoms. The summed E-state index contributed by atoms with van der Waals surface area (Å²) in [5.41, 5.74) is 6.57. The Morgan fingerprint density at radius 2 is 1.10 bits per heavy atom. The monoisotopic (exact) mass is 258 g/mol. The molecule has 3 aromatic carbocycles. The van der Waals surface area contributed by atoms with Crippen LogP contribution in [0.2, 0.25) is 0 Å². The standard InChI is InChI=1S/C20H18/c1-2-16-8-6-7-11-20(16)19-14-12-18(13-15-19)17-9-4-3-5-10-17/h3-15H,2H2,1H3. The van der Waals surface area contributed by atoms with E-state index in [0.717, 1.165) is 6.42 Å². The minimum atomic E-state index is 1.07. The summed E-state index contributed by atoms with van der Waals surface area (Å²) in [6.07, 6.45) is 1.07. The fourth-order valence-corrected chi connectivity index (χ4v) is 2.58. The molecule has 98 valence electrons. The molecule has 0 nitrogen and oxygen atoms in total. The van der Waals surface area contributed by atoms with Gasteiger partial charge >= 0.3 is 0 Å². The third kappa shape index (κ3) is 2.50. The van der Waals surface area contributed by atoms with E-state index in [1.54, 1.807) is 0 Å². The SMILES string of the molecule is CCc1ccccc1-c1ccc(-c2ccccc2)cc1. The van der Waals surface area contributed by atoms with E-state index >= 15 is 0 Å². The molecule has 0 bridgehead atoms. The van der Waals surface area contributed by atoms with E-state index in [4.69, 9.17) is 0 Å². The molecule has 0 fully saturated rings. The van der Waals surface area contributed by atoms with Crippen LogP contribution in [0.5, 0.6) is 0 Å². The van der Waals surface area contributed by atoms with Crippen molar-refractivity contribution >= 4 is 0 Å². The highest BCUT2D eigenvalue weighted by Crippen LogP contribution is 2.27. The van der Waals surface area contributed by atoms with Crippen molar-refractivity contribution in [3.8, 4) is 22.3 Å². The maximum atomic E-state index is 2.22. The summed E-state index contributed by atoms with van der Waals surface area (Å²) in [6, 6.07) is 28.0. The van der Waals surface area contributed by atoms with Crippen LogP contribution in [0.1, 0.15) is 12.5 Å². The van der Waals surface area contributed by atoms with Gasteiger partial charge in [0.25, 0.3) is 0 Å². The Morgan fingerprint density at radius 1 is 0.550 bits per heavy atom. The first-order valence-electron chi connectivity index (χ1n) is 7.12. The van der Waals surface area contributed by atoms with Crippen molar-refractivity contribution in [2.24, 2.45) is 0 Å². The van der Waals surface area contributed by atoms with Crippen LogP contribution in [0.4, 0.5) is 0 Å². The van der Waals surface area contributed by atoms with E-state index in [2.05, 4.69) is 85.8 Å². The molecule has 0 saturated heterocycles. The second kappa shape index (κ2) is 5.75. The fraction of sp³-hybridized carbons (Fsp3) is 0.100. The molecule has 0 aromatic heterocycles. The van der Waals surface area contributed by atoms with Crippen LogP contribution in [0.3, 0.4) is 0 Å². The van der Waals surface area contributed by atoms with Crippen LogP contribution in [0.15, 0.2) is 78.9 Å². The van der Waals surface area contributed by atoms with Gasteiger partial charge in [0.05, 0.1) is 0 Å². The molecular weight excluding hydrogens is 240 g/mol. The van der Waals surface area contributed by atoms with Crippen LogP contribution in [-0.2, 0) is 6.42 Å². The maximum absolute atomic E-state index is 2.22. The van der Waals surface area contributed by atoms with Gasteiger partial charge in [-0.2, -0.15) is 0 Å². The predicted octanol–water partition coefficient (Wildman–Crippen LogP) is 5.58. The van der Waals surface area contributed by atoms with Crippen LogP contribution >= 0.6 is 0 Å². The molecule has 0 aliphatic rings. The molecule has 0 aliphatic heterocycles. The van der Waals surface area contributed by atoms with E-state index in [0.29, 0.717) is 0 Å². The maximum Gasteiger partial charge on any atom is -0.0152 e. The largest absolute Gasteiger partial charge is 0.0622 e. The Bertz CT molecular complexity index is 679. The zero-order valence-corrected chi connectivity index (χ0v) is 11.7. The summed E-state index contributed by atoms with van der Waals surface area (Å²) < 4.78 is 0. The number of aryl methyl sites for hydroxylation is 1. The second-order valence-corrected chi connectivity index (χ2v) is 4.95. The Labute approximate surface area is 120 Å². The van der Waals surface area contributed by atoms with Crippen molar-refractivity contribution in [1.29, 1.82) is 0 Å². The number of rotatable bonds is 3. The summed E-state index contributed by atoms with van der Waals surface area (Å²) in [6.45, 7) is 2.21. The Kier molecular flexibility index (Phi) is 3.64. The van der Waals surface area contributed by atoms with Gasteiger partial charge < -0.3 is 0 Å². The van der Waals surface area contributed by atoms with Crippen molar-refractivity contribution in [3.63, 3.8) is 0 Å². The fourth-order valence-electron chi connectivity index (χ4n) is 2.58. The van der Waals surface area contributed by atoms with Crippen LogP contribution in [0, 0.1) is 0 Å². The first-order valence-corrected chi connectivity index (χ1v) is 7.12. The summed E-state index contributed by atoms with van der Waals surface area (Å²) >= 11 is 0. The van der Waals surface area contributed by atoms with Gasteiger partial charge in [-0.25, -0.2) is 0 Å². The van der Waals surface area contributed by atoms with Crippen molar-refractivity contribution in [3.05, 3.63) is 84.4 Å². The van der Waals surface area contributed by atoms with Crippen molar-refractivity contribution < 1.29 is 0 Å². The number of hydrogen-bond donors (Lipinski definition) is 0. The van der Waals surface area contributed by atoms with Gasteiger partial charge in [-0.1, -0.05) is 85.8 Å². The van der Waals surface area contributed by atoms with E-state index in [9.17, 15) is 0 Å². The zero-order chi connectivity index (χ0) is 13.8. The highest BCUT2D eigenvalue weighted by molar-refractivity contribution is 5.72. The molecule has 0 amide bonds. The van der Waals surface area contributed by atoms with Crippen molar-refractivity contribution in [1.82, 2.24) is 0 Å². The molecular formula is C20H18. The minimum absolute atomic E-state index is 1.07. The highest BCUT2D eigenvalue weighted by atomic mass is 14.1. The van der Waals surface area contributed by atoms with Gasteiger partial charge in [-0.3, -0.25) is 0 Å². The van der Waals surface area contributed by atoms with E-state index in [1.807, 2.05) is 0 Å². The highest BCUT2D eigenvalue weighted by Gasteiger charge is 2.03. The van der Waals surface area contributed by atoms with E-state index < -0.39 is 0 Å². The summed E-state index contributed by atoms with van der Waals surface area (Å²) in [5.74, 6) is 0. The second-order valence-electron chi connectivity index (χ2n) is 4.95. The van der Waals surface area contributed by atoms with Gasteiger partial charge in [0, 0.05) is 0 Å².